The third kappa shape index (κ3) is 4.68. The second-order valence-electron chi connectivity index (χ2n) is 5.78. The van der Waals surface area contributed by atoms with Gasteiger partial charge in [-0.15, -0.1) is 0 Å². The second kappa shape index (κ2) is 5.98. The van der Waals surface area contributed by atoms with Crippen LogP contribution in [0, 0.1) is 11.2 Å². The largest absolute Gasteiger partial charge is 0.492 e. The zero-order valence-electron chi connectivity index (χ0n) is 12.4. The highest BCUT2D eigenvalue weighted by atomic mass is 32.2. The highest BCUT2D eigenvalue weighted by Gasteiger charge is 2.23. The molecule has 0 atom stereocenters. The Balaban J connectivity index is 3.22. The maximum Gasteiger partial charge on any atom is 0.251 e. The molecule has 0 aliphatic rings. The molecule has 1 aromatic carbocycles. The van der Waals surface area contributed by atoms with Crippen molar-refractivity contribution in [2.45, 2.75) is 25.7 Å². The Morgan fingerprint density at radius 3 is 2.38 bits per heavy atom. The van der Waals surface area contributed by atoms with Gasteiger partial charge in [0.05, 0.1) is 7.11 Å². The molecular weight excluding hydrogens is 299 g/mol. The first-order valence-electron chi connectivity index (χ1n) is 6.14. The van der Waals surface area contributed by atoms with Gasteiger partial charge in [-0.1, -0.05) is 20.8 Å². The van der Waals surface area contributed by atoms with Crippen LogP contribution < -0.4 is 15.2 Å². The summed E-state index contributed by atoms with van der Waals surface area (Å²) in [5.41, 5.74) is -0.301. The van der Waals surface area contributed by atoms with Crippen LogP contribution in [0.25, 0.3) is 0 Å². The van der Waals surface area contributed by atoms with E-state index in [-0.39, 0.29) is 11.0 Å². The first-order valence-corrected chi connectivity index (χ1v) is 7.69. The quantitative estimate of drug-likeness (QED) is 0.873. The number of sulfonamides is 1. The third-order valence-electron chi connectivity index (χ3n) is 2.56. The van der Waals surface area contributed by atoms with Crippen LogP contribution >= 0.6 is 0 Å². The summed E-state index contributed by atoms with van der Waals surface area (Å²) in [6.07, 6.45) is 0. The molecule has 0 unspecified atom stereocenters. The summed E-state index contributed by atoms with van der Waals surface area (Å²) >= 11 is 0. The molecule has 0 aromatic heterocycles. The number of amides is 1. The van der Waals surface area contributed by atoms with E-state index < -0.39 is 32.4 Å². The number of methoxy groups -OCH3 is 1. The fourth-order valence-corrected chi connectivity index (χ4v) is 2.29. The minimum atomic E-state index is -4.21. The molecule has 118 valence electrons. The average molecular weight is 318 g/mol. The molecule has 0 bridgehead atoms. The van der Waals surface area contributed by atoms with E-state index in [1.165, 1.54) is 0 Å². The molecule has 0 saturated carbocycles. The van der Waals surface area contributed by atoms with Gasteiger partial charge in [0.15, 0.2) is 11.6 Å². The van der Waals surface area contributed by atoms with Crippen molar-refractivity contribution in [3.8, 4) is 5.75 Å². The van der Waals surface area contributed by atoms with Crippen molar-refractivity contribution in [3.63, 3.8) is 0 Å². The maximum absolute atomic E-state index is 13.9. The maximum atomic E-state index is 13.9. The van der Waals surface area contributed by atoms with Gasteiger partial charge < -0.3 is 10.1 Å². The lowest BCUT2D eigenvalue weighted by atomic mass is 9.97. The topological polar surface area (TPSA) is 98.5 Å². The molecule has 0 radical (unpaired) electrons. The number of hydrogen-bond acceptors (Lipinski definition) is 4. The van der Waals surface area contributed by atoms with Crippen LogP contribution in [-0.2, 0) is 10.0 Å². The second-order valence-corrected chi connectivity index (χ2v) is 7.31. The normalized spacial score (nSPS) is 12.1. The predicted octanol–water partition coefficient (Wildman–Crippen LogP) is 1.26. The lowest BCUT2D eigenvalue weighted by Crippen LogP contribution is -2.32. The molecule has 1 amide bonds. The number of nitrogens with two attached hydrogens (primary N) is 1. The number of primary sulfonamides is 1. The first-order chi connectivity index (χ1) is 9.45. The van der Waals surface area contributed by atoms with E-state index in [0.29, 0.717) is 6.54 Å². The minimum absolute atomic E-state index is 0.137. The summed E-state index contributed by atoms with van der Waals surface area (Å²) in [7, 11) is -3.09. The van der Waals surface area contributed by atoms with Gasteiger partial charge in [0.1, 0.15) is 4.90 Å². The molecule has 8 heteroatoms. The Bertz CT molecular complexity index is 651. The zero-order valence-corrected chi connectivity index (χ0v) is 13.2. The highest BCUT2D eigenvalue weighted by molar-refractivity contribution is 7.89. The zero-order chi connectivity index (χ0) is 16.4. The fourth-order valence-electron chi connectivity index (χ4n) is 1.56. The smallest absolute Gasteiger partial charge is 0.251 e. The number of carbonyl (C=O) groups excluding carboxylic acids is 1. The monoisotopic (exact) mass is 318 g/mol. The summed E-state index contributed by atoms with van der Waals surface area (Å²) in [5, 5.41) is 7.61. The van der Waals surface area contributed by atoms with Crippen molar-refractivity contribution >= 4 is 15.9 Å². The van der Waals surface area contributed by atoms with E-state index in [0.717, 1.165) is 19.2 Å². The van der Waals surface area contributed by atoms with Gasteiger partial charge in [-0.25, -0.2) is 17.9 Å². The van der Waals surface area contributed by atoms with Crippen LogP contribution in [-0.4, -0.2) is 28.0 Å². The van der Waals surface area contributed by atoms with E-state index in [1.807, 2.05) is 20.8 Å². The van der Waals surface area contributed by atoms with Crippen LogP contribution in [0.15, 0.2) is 17.0 Å². The van der Waals surface area contributed by atoms with E-state index in [2.05, 4.69) is 10.1 Å². The Morgan fingerprint density at radius 2 is 1.95 bits per heavy atom. The van der Waals surface area contributed by atoms with Gasteiger partial charge in [-0.3, -0.25) is 4.79 Å². The number of hydrogen-bond donors (Lipinski definition) is 2. The Labute approximate surface area is 123 Å². The molecule has 1 rings (SSSR count). The summed E-state index contributed by atoms with van der Waals surface area (Å²) in [6.45, 7) is 6.09. The Hall–Kier alpha value is -1.67. The van der Waals surface area contributed by atoms with Crippen molar-refractivity contribution in [2.75, 3.05) is 13.7 Å². The van der Waals surface area contributed by atoms with Crippen molar-refractivity contribution in [2.24, 2.45) is 10.6 Å². The van der Waals surface area contributed by atoms with Gasteiger partial charge in [-0.05, 0) is 17.5 Å². The molecule has 0 heterocycles. The average Bonchev–Trinajstić information content (AvgIpc) is 2.32. The molecule has 0 aliphatic carbocycles. The number of nitrogens with one attached hydrogen (secondary N) is 1. The van der Waals surface area contributed by atoms with Gasteiger partial charge in [0, 0.05) is 12.1 Å². The molecule has 0 fully saturated rings. The van der Waals surface area contributed by atoms with E-state index in [1.54, 1.807) is 0 Å². The molecule has 1 aromatic rings. The summed E-state index contributed by atoms with van der Waals surface area (Å²) in [4.78, 5) is 11.4. The standard InChI is InChI=1S/C13H19FN2O4S/c1-13(2,3)7-16-12(17)8-5-9(14)11(20-4)10(6-8)21(15,18)19/h5-6H,7H2,1-4H3,(H,16,17)(H2,15,18,19). The number of benzene rings is 1. The van der Waals surface area contributed by atoms with Crippen LogP contribution in [0.2, 0.25) is 0 Å². The first kappa shape index (κ1) is 17.4. The van der Waals surface area contributed by atoms with Crippen LogP contribution in [0.5, 0.6) is 5.75 Å². The molecule has 21 heavy (non-hydrogen) atoms. The number of carbonyl (C=O) groups is 1. The fraction of sp³-hybridized carbons (Fsp3) is 0.462. The lowest BCUT2D eigenvalue weighted by Gasteiger charge is -2.19. The predicted molar refractivity (Wildman–Crippen MR) is 76.1 cm³/mol. The summed E-state index contributed by atoms with van der Waals surface area (Å²) < 4.78 is 41.4. The number of rotatable bonds is 4. The Morgan fingerprint density at radius 1 is 1.38 bits per heavy atom. The molecule has 0 spiro atoms. The molecule has 0 aliphatic heterocycles. The molecule has 3 N–H and O–H groups in total. The van der Waals surface area contributed by atoms with Gasteiger partial charge in [-0.2, -0.15) is 0 Å². The number of halogens is 1. The van der Waals surface area contributed by atoms with E-state index >= 15 is 0 Å². The van der Waals surface area contributed by atoms with Crippen molar-refractivity contribution in [1.29, 1.82) is 0 Å². The van der Waals surface area contributed by atoms with Gasteiger partial charge >= 0.3 is 0 Å². The van der Waals surface area contributed by atoms with Crippen molar-refractivity contribution < 1.29 is 22.3 Å². The number of ether oxygens (including phenoxy) is 1. The van der Waals surface area contributed by atoms with Crippen LogP contribution in [0.4, 0.5) is 4.39 Å². The summed E-state index contributed by atoms with van der Waals surface area (Å²) in [5.74, 6) is -2.06. The summed E-state index contributed by atoms with van der Waals surface area (Å²) in [6, 6.07) is 1.90. The van der Waals surface area contributed by atoms with E-state index in [4.69, 9.17) is 5.14 Å². The third-order valence-corrected chi connectivity index (χ3v) is 3.48. The highest BCUT2D eigenvalue weighted by Crippen LogP contribution is 2.27. The minimum Gasteiger partial charge on any atom is -0.492 e. The molecule has 0 saturated heterocycles. The SMILES string of the molecule is COc1c(F)cc(C(=O)NCC(C)(C)C)cc1S(N)(=O)=O. The Kier molecular flexibility index (Phi) is 4.95. The van der Waals surface area contributed by atoms with Crippen molar-refractivity contribution in [3.05, 3.63) is 23.5 Å². The van der Waals surface area contributed by atoms with Crippen LogP contribution in [0.1, 0.15) is 31.1 Å². The van der Waals surface area contributed by atoms with Crippen molar-refractivity contribution in [1.82, 2.24) is 5.32 Å². The lowest BCUT2D eigenvalue weighted by molar-refractivity contribution is 0.0938. The molecule has 6 nitrogen and oxygen atoms in total. The van der Waals surface area contributed by atoms with Crippen LogP contribution in [0.3, 0.4) is 0 Å². The van der Waals surface area contributed by atoms with Gasteiger partial charge in [0.2, 0.25) is 10.0 Å². The van der Waals surface area contributed by atoms with Gasteiger partial charge in [0.25, 0.3) is 5.91 Å². The van der Waals surface area contributed by atoms with E-state index in [9.17, 15) is 17.6 Å². The molecular formula is C13H19FN2O4S.